The van der Waals surface area contributed by atoms with Crippen molar-refractivity contribution in [3.05, 3.63) is 0 Å². The van der Waals surface area contributed by atoms with Crippen LogP contribution in [0.2, 0.25) is 0 Å². The van der Waals surface area contributed by atoms with Crippen LogP contribution in [-0.2, 0) is 18.9 Å². The third kappa shape index (κ3) is 3.23. The quantitative estimate of drug-likeness (QED) is 0.448. The minimum atomic E-state index is -0.115. The molecule has 1 fully saturated rings. The number of methoxy groups -OCH3 is 1. The molecule has 1 aliphatic rings. The molecule has 0 aliphatic carbocycles. The van der Waals surface area contributed by atoms with Crippen LogP contribution in [0.15, 0.2) is 0 Å². The molecule has 1 aliphatic heterocycles. The van der Waals surface area contributed by atoms with Gasteiger partial charge in [0.2, 0.25) is 0 Å². The van der Waals surface area contributed by atoms with Crippen molar-refractivity contribution in [1.82, 2.24) is 0 Å². The van der Waals surface area contributed by atoms with Crippen molar-refractivity contribution in [2.24, 2.45) is 0 Å². The maximum absolute atomic E-state index is 5.73. The van der Waals surface area contributed by atoms with Crippen LogP contribution in [0.3, 0.4) is 0 Å². The van der Waals surface area contributed by atoms with Gasteiger partial charge in [0.1, 0.15) is 32.8 Å². The van der Waals surface area contributed by atoms with E-state index in [9.17, 15) is 0 Å². The fourth-order valence-electron chi connectivity index (χ4n) is 1.98. The molecule has 4 atom stereocenters. The lowest BCUT2D eigenvalue weighted by atomic mass is 9.93. The van der Waals surface area contributed by atoms with Crippen molar-refractivity contribution in [1.29, 1.82) is 0 Å². The van der Waals surface area contributed by atoms with Crippen LogP contribution in [0.1, 0.15) is 6.92 Å². The zero-order valence-corrected chi connectivity index (χ0v) is 10.1. The molecule has 0 radical (unpaired) electrons. The Hall–Kier alpha value is -0.535. The van der Waals surface area contributed by atoms with Crippen LogP contribution in [-0.4, -0.2) is 59.1 Å². The Bertz CT molecular complexity index is 241. The highest BCUT2D eigenvalue weighted by atomic mass is 16.6. The van der Waals surface area contributed by atoms with Gasteiger partial charge in [0.25, 0.3) is 0 Å². The zero-order chi connectivity index (χ0) is 12.0. The maximum Gasteiger partial charge on any atom is 0.142 e. The van der Waals surface area contributed by atoms with E-state index in [4.69, 9.17) is 25.4 Å². The SMILES string of the molecule is B[C@@H]1O[C@H](COC)C(OCC)[C@@H]1OCC#C. The summed E-state index contributed by atoms with van der Waals surface area (Å²) >= 11 is 0. The first-order valence-electron chi connectivity index (χ1n) is 5.55. The molecule has 0 aromatic heterocycles. The molecule has 1 saturated heterocycles. The van der Waals surface area contributed by atoms with Crippen LogP contribution in [0.25, 0.3) is 0 Å². The standard InChI is InChI=1S/C11H19BO4/c1-4-6-15-10-9(14-5-2)8(7-13-3)16-11(10)12/h1,8-11H,5-7,12H2,2-3H3/t8-,9?,10+,11-/m1/s1. The Kier molecular flexibility index (Phi) is 5.85. The average Bonchev–Trinajstić information content (AvgIpc) is 2.54. The lowest BCUT2D eigenvalue weighted by Crippen LogP contribution is -2.39. The average molecular weight is 226 g/mol. The van der Waals surface area contributed by atoms with Crippen molar-refractivity contribution in [3.8, 4) is 12.3 Å². The van der Waals surface area contributed by atoms with Crippen LogP contribution < -0.4 is 0 Å². The lowest BCUT2D eigenvalue weighted by Gasteiger charge is -2.22. The molecule has 0 saturated carbocycles. The molecule has 90 valence electrons. The Labute approximate surface area is 98.0 Å². The monoisotopic (exact) mass is 226 g/mol. The smallest absolute Gasteiger partial charge is 0.142 e. The Balaban J connectivity index is 2.61. The first-order chi connectivity index (χ1) is 7.74. The van der Waals surface area contributed by atoms with E-state index in [0.717, 1.165) is 0 Å². The number of hydrogen-bond acceptors (Lipinski definition) is 4. The fraction of sp³-hybridized carbons (Fsp3) is 0.818. The summed E-state index contributed by atoms with van der Waals surface area (Å²) in [4.78, 5) is 0. The molecule has 1 rings (SSSR count). The second-order valence-corrected chi connectivity index (χ2v) is 3.73. The second-order valence-electron chi connectivity index (χ2n) is 3.73. The number of hydrogen-bond donors (Lipinski definition) is 0. The molecule has 1 heterocycles. The Morgan fingerprint density at radius 3 is 2.69 bits per heavy atom. The molecular weight excluding hydrogens is 207 g/mol. The molecule has 0 bridgehead atoms. The minimum Gasteiger partial charge on any atom is -0.382 e. The third-order valence-electron chi connectivity index (χ3n) is 2.59. The van der Waals surface area contributed by atoms with Crippen molar-refractivity contribution in [2.75, 3.05) is 26.9 Å². The summed E-state index contributed by atoms with van der Waals surface area (Å²) < 4.78 is 22.0. The van der Waals surface area contributed by atoms with E-state index in [1.807, 2.05) is 14.8 Å². The summed E-state index contributed by atoms with van der Waals surface area (Å²) in [6, 6.07) is -0.0231. The lowest BCUT2D eigenvalue weighted by molar-refractivity contribution is -0.0661. The Morgan fingerprint density at radius 2 is 2.12 bits per heavy atom. The van der Waals surface area contributed by atoms with E-state index >= 15 is 0 Å². The molecule has 5 heteroatoms. The normalized spacial score (nSPS) is 33.8. The molecule has 1 unspecified atom stereocenters. The van der Waals surface area contributed by atoms with Gasteiger partial charge in [0.15, 0.2) is 0 Å². The molecule has 0 aromatic carbocycles. The van der Waals surface area contributed by atoms with Gasteiger partial charge < -0.3 is 18.9 Å². The highest BCUT2D eigenvalue weighted by Crippen LogP contribution is 2.25. The molecule has 0 amide bonds. The van der Waals surface area contributed by atoms with Crippen LogP contribution in [0.5, 0.6) is 0 Å². The van der Waals surface area contributed by atoms with Gasteiger partial charge in [-0.25, -0.2) is 0 Å². The van der Waals surface area contributed by atoms with Crippen molar-refractivity contribution in [3.63, 3.8) is 0 Å². The maximum atomic E-state index is 5.73. The molecule has 4 nitrogen and oxygen atoms in total. The molecular formula is C11H19BO4. The summed E-state index contributed by atoms with van der Waals surface area (Å²) in [6.07, 6.45) is 4.88. The van der Waals surface area contributed by atoms with Crippen LogP contribution in [0.4, 0.5) is 0 Å². The summed E-state index contributed by atoms with van der Waals surface area (Å²) in [5.41, 5.74) is 0. The minimum absolute atomic E-state index is 0.0231. The first kappa shape index (κ1) is 13.5. The predicted octanol–water partition coefficient (Wildman–Crippen LogP) is -0.586. The Morgan fingerprint density at radius 1 is 1.38 bits per heavy atom. The van der Waals surface area contributed by atoms with Gasteiger partial charge >= 0.3 is 0 Å². The molecule has 0 spiro atoms. The molecule has 0 aromatic rings. The third-order valence-corrected chi connectivity index (χ3v) is 2.59. The van der Waals surface area contributed by atoms with E-state index in [-0.39, 0.29) is 30.9 Å². The number of terminal acetylenes is 1. The van der Waals surface area contributed by atoms with E-state index in [0.29, 0.717) is 13.2 Å². The van der Waals surface area contributed by atoms with Crippen LogP contribution >= 0.6 is 0 Å². The van der Waals surface area contributed by atoms with Gasteiger partial charge in [-0.1, -0.05) is 5.92 Å². The van der Waals surface area contributed by atoms with Gasteiger partial charge in [0, 0.05) is 13.7 Å². The number of ether oxygens (including phenoxy) is 4. The number of rotatable bonds is 6. The molecule has 16 heavy (non-hydrogen) atoms. The van der Waals surface area contributed by atoms with Crippen molar-refractivity contribution < 1.29 is 18.9 Å². The highest BCUT2D eigenvalue weighted by Gasteiger charge is 2.43. The summed E-state index contributed by atoms with van der Waals surface area (Å²) in [7, 11) is 3.61. The zero-order valence-electron chi connectivity index (χ0n) is 10.1. The van der Waals surface area contributed by atoms with Gasteiger partial charge in [-0.2, -0.15) is 0 Å². The van der Waals surface area contributed by atoms with E-state index < -0.39 is 0 Å². The fourth-order valence-corrected chi connectivity index (χ4v) is 1.98. The van der Waals surface area contributed by atoms with Crippen LogP contribution in [0, 0.1) is 12.3 Å². The van der Waals surface area contributed by atoms with Crippen molar-refractivity contribution in [2.45, 2.75) is 31.2 Å². The van der Waals surface area contributed by atoms with E-state index in [2.05, 4.69) is 5.92 Å². The van der Waals surface area contributed by atoms with Crippen molar-refractivity contribution >= 4 is 7.85 Å². The van der Waals surface area contributed by atoms with E-state index in [1.165, 1.54) is 0 Å². The first-order valence-corrected chi connectivity index (χ1v) is 5.55. The van der Waals surface area contributed by atoms with Gasteiger partial charge in [-0.15, -0.1) is 6.42 Å². The van der Waals surface area contributed by atoms with E-state index in [1.54, 1.807) is 7.11 Å². The van der Waals surface area contributed by atoms with Gasteiger partial charge in [-0.05, 0) is 6.92 Å². The predicted molar refractivity (Wildman–Crippen MR) is 63.1 cm³/mol. The summed E-state index contributed by atoms with van der Waals surface area (Å²) in [5, 5.41) is 0. The highest BCUT2D eigenvalue weighted by molar-refractivity contribution is 6.11. The van der Waals surface area contributed by atoms with Gasteiger partial charge in [0.05, 0.1) is 12.6 Å². The summed E-state index contributed by atoms with van der Waals surface area (Å²) in [5.74, 6) is 2.46. The topological polar surface area (TPSA) is 36.9 Å². The largest absolute Gasteiger partial charge is 0.382 e. The van der Waals surface area contributed by atoms with Gasteiger partial charge in [-0.3, -0.25) is 0 Å². The molecule has 0 N–H and O–H groups in total. The summed E-state index contributed by atoms with van der Waals surface area (Å²) in [6.45, 7) is 3.36. The second kappa shape index (κ2) is 6.92.